The minimum atomic E-state index is -2.03. The van der Waals surface area contributed by atoms with Crippen LogP contribution in [-0.2, 0) is 14.3 Å². The molecule has 172 valence electrons. The lowest BCUT2D eigenvalue weighted by Gasteiger charge is -2.58. The van der Waals surface area contributed by atoms with Crippen LogP contribution in [-0.4, -0.2) is 40.8 Å². The number of Topliss-reactive ketones (excluding diaryl/α,β-unsaturated/α-hetero) is 2. The van der Waals surface area contributed by atoms with Gasteiger partial charge in [0.2, 0.25) is 6.29 Å². The summed E-state index contributed by atoms with van der Waals surface area (Å²) in [6.45, 7) is 5.99. The van der Waals surface area contributed by atoms with Crippen LogP contribution in [0.4, 0.5) is 0 Å². The van der Waals surface area contributed by atoms with Crippen LogP contribution in [0.2, 0.25) is 0 Å². The number of hydrogen-bond acceptors (Lipinski definition) is 5. The summed E-state index contributed by atoms with van der Waals surface area (Å²) in [5.41, 5.74) is -0.963. The minimum absolute atomic E-state index is 0.0542. The fourth-order valence-corrected chi connectivity index (χ4v) is 9.32. The zero-order valence-corrected chi connectivity index (χ0v) is 18.9. The van der Waals surface area contributed by atoms with Crippen molar-refractivity contribution in [2.45, 2.75) is 89.9 Å². The molecule has 0 aliphatic heterocycles. The molecular weight excluding hydrogens is 392 g/mol. The van der Waals surface area contributed by atoms with E-state index in [-0.39, 0.29) is 29.1 Å². The first-order chi connectivity index (χ1) is 14.8. The number of fused-ring (bicyclic) bond motifs is 2. The third-order valence-electron chi connectivity index (χ3n) is 10.2. The van der Waals surface area contributed by atoms with Gasteiger partial charge in [-0.1, -0.05) is 25.8 Å². The van der Waals surface area contributed by atoms with E-state index in [1.165, 1.54) is 25.7 Å². The van der Waals surface area contributed by atoms with Gasteiger partial charge in [-0.2, -0.15) is 0 Å². The Morgan fingerprint density at radius 2 is 1.87 bits per heavy atom. The lowest BCUT2D eigenvalue weighted by molar-refractivity contribution is -0.176. The predicted molar refractivity (Wildman–Crippen MR) is 116 cm³/mol. The Bertz CT molecular complexity index is 770. The zero-order valence-electron chi connectivity index (χ0n) is 18.9. The molecule has 0 radical (unpaired) electrons. The van der Waals surface area contributed by atoms with Gasteiger partial charge in [-0.05, 0) is 86.9 Å². The van der Waals surface area contributed by atoms with Crippen LogP contribution in [0.1, 0.15) is 77.6 Å². The maximum atomic E-state index is 13.7. The summed E-state index contributed by atoms with van der Waals surface area (Å²) >= 11 is 0. The molecule has 5 saturated carbocycles. The molecule has 5 aliphatic rings. The van der Waals surface area contributed by atoms with E-state index >= 15 is 0 Å². The highest BCUT2D eigenvalue weighted by atomic mass is 16.5. The van der Waals surface area contributed by atoms with Crippen LogP contribution in [0.5, 0.6) is 0 Å². The van der Waals surface area contributed by atoms with Crippen LogP contribution in [0.3, 0.4) is 0 Å². The van der Waals surface area contributed by atoms with Gasteiger partial charge >= 0.3 is 0 Å². The van der Waals surface area contributed by atoms with Crippen molar-refractivity contribution in [3.05, 3.63) is 12.7 Å². The standard InChI is InChI=1S/C26H38O5/c1-3-7-24(22(28)23(29)30)10-16(2)5-4-6-21(24)31-15-20(27)26-13-18-8-17-9-19(14-26)25(26,11-17)12-18/h3,16-19,21,23,29-30H,1,4-15H2,2H3. The monoisotopic (exact) mass is 430 g/mol. The number of rotatable bonds is 8. The summed E-state index contributed by atoms with van der Waals surface area (Å²) < 4.78 is 6.33. The van der Waals surface area contributed by atoms with E-state index in [1.54, 1.807) is 6.08 Å². The van der Waals surface area contributed by atoms with E-state index in [2.05, 4.69) is 13.5 Å². The summed E-state index contributed by atoms with van der Waals surface area (Å²) in [5.74, 6) is 2.21. The maximum absolute atomic E-state index is 13.7. The summed E-state index contributed by atoms with van der Waals surface area (Å²) in [6, 6.07) is 0. The second kappa shape index (κ2) is 7.50. The number of ketones is 2. The number of aliphatic hydroxyl groups excluding tert-OH is 1. The van der Waals surface area contributed by atoms with Crippen LogP contribution >= 0.6 is 0 Å². The fraction of sp³-hybridized carbons (Fsp3) is 0.846. The van der Waals surface area contributed by atoms with Gasteiger partial charge in [0.1, 0.15) is 6.61 Å². The number of ether oxygens (including phenoxy) is 1. The molecule has 5 aliphatic carbocycles. The van der Waals surface area contributed by atoms with Crippen LogP contribution in [0.25, 0.3) is 0 Å². The van der Waals surface area contributed by atoms with E-state index in [9.17, 15) is 19.8 Å². The van der Waals surface area contributed by atoms with E-state index < -0.39 is 23.6 Å². The van der Waals surface area contributed by atoms with Gasteiger partial charge in [-0.3, -0.25) is 9.59 Å². The molecule has 0 aromatic carbocycles. The highest BCUT2D eigenvalue weighted by Crippen LogP contribution is 2.81. The molecule has 5 nitrogen and oxygen atoms in total. The molecule has 0 saturated heterocycles. The first kappa shape index (κ1) is 21.8. The van der Waals surface area contributed by atoms with E-state index in [1.807, 2.05) is 0 Å². The normalized spacial score (nSPS) is 47.7. The molecule has 0 amide bonds. The van der Waals surface area contributed by atoms with Gasteiger partial charge in [-0.15, -0.1) is 6.58 Å². The number of aliphatic hydroxyl groups is 2. The molecule has 2 N–H and O–H groups in total. The lowest BCUT2D eigenvalue weighted by atomic mass is 9.45. The fourth-order valence-electron chi connectivity index (χ4n) is 9.32. The topological polar surface area (TPSA) is 83.8 Å². The van der Waals surface area contributed by atoms with E-state index in [4.69, 9.17) is 4.74 Å². The smallest absolute Gasteiger partial charge is 0.213 e. The lowest BCUT2D eigenvalue weighted by Crippen LogP contribution is -2.58. The van der Waals surface area contributed by atoms with Gasteiger partial charge < -0.3 is 14.9 Å². The van der Waals surface area contributed by atoms with Crippen LogP contribution in [0, 0.1) is 39.9 Å². The third-order valence-corrected chi connectivity index (χ3v) is 10.2. The third kappa shape index (κ3) is 2.99. The molecular formula is C26H38O5. The highest BCUT2D eigenvalue weighted by molar-refractivity contribution is 5.90. The average molecular weight is 431 g/mol. The molecule has 0 aromatic rings. The van der Waals surface area contributed by atoms with Crippen molar-refractivity contribution >= 4 is 11.6 Å². The Labute approximate surface area is 185 Å². The summed E-state index contributed by atoms with van der Waals surface area (Å²) in [7, 11) is 0. The summed E-state index contributed by atoms with van der Waals surface area (Å²) in [5, 5.41) is 19.6. The van der Waals surface area contributed by atoms with E-state index in [0.717, 1.165) is 37.5 Å². The molecule has 0 heterocycles. The predicted octanol–water partition coefficient (Wildman–Crippen LogP) is 3.81. The van der Waals surface area contributed by atoms with Crippen molar-refractivity contribution in [3.63, 3.8) is 0 Å². The van der Waals surface area contributed by atoms with Gasteiger partial charge in [0.05, 0.1) is 11.5 Å². The first-order valence-corrected chi connectivity index (χ1v) is 12.4. The van der Waals surface area contributed by atoms with Crippen molar-refractivity contribution in [1.82, 2.24) is 0 Å². The summed E-state index contributed by atoms with van der Waals surface area (Å²) in [4.78, 5) is 26.7. The molecule has 5 fully saturated rings. The second-order valence-electron chi connectivity index (χ2n) is 11.8. The van der Waals surface area contributed by atoms with Gasteiger partial charge in [0.25, 0.3) is 0 Å². The first-order valence-electron chi connectivity index (χ1n) is 12.4. The molecule has 5 heteroatoms. The Balaban J connectivity index is 1.36. The minimum Gasteiger partial charge on any atom is -0.369 e. The van der Waals surface area contributed by atoms with Crippen molar-refractivity contribution in [1.29, 1.82) is 0 Å². The van der Waals surface area contributed by atoms with Crippen molar-refractivity contribution < 1.29 is 24.5 Å². The molecule has 31 heavy (non-hydrogen) atoms. The van der Waals surface area contributed by atoms with Crippen molar-refractivity contribution in [3.8, 4) is 0 Å². The Kier molecular flexibility index (Phi) is 5.27. The molecule has 3 bridgehead atoms. The zero-order chi connectivity index (χ0) is 22.0. The van der Waals surface area contributed by atoms with Gasteiger partial charge in [0, 0.05) is 5.41 Å². The van der Waals surface area contributed by atoms with Gasteiger partial charge in [-0.25, -0.2) is 0 Å². The van der Waals surface area contributed by atoms with Crippen LogP contribution in [0.15, 0.2) is 12.7 Å². The number of hydrogen-bond donors (Lipinski definition) is 2. The second-order valence-corrected chi connectivity index (χ2v) is 11.8. The highest BCUT2D eigenvalue weighted by Gasteiger charge is 2.76. The van der Waals surface area contributed by atoms with Gasteiger partial charge in [0.15, 0.2) is 11.6 Å². The van der Waals surface area contributed by atoms with E-state index in [0.29, 0.717) is 25.2 Å². The Hall–Kier alpha value is -1.04. The molecule has 0 aromatic heterocycles. The number of allylic oxidation sites excluding steroid dienone is 1. The summed E-state index contributed by atoms with van der Waals surface area (Å²) in [6.07, 6.45) is 9.77. The quantitative estimate of drug-likeness (QED) is 0.348. The molecule has 8 unspecified atom stereocenters. The van der Waals surface area contributed by atoms with Crippen molar-refractivity contribution in [2.75, 3.05) is 6.61 Å². The number of carbonyl (C=O) groups is 2. The molecule has 8 atom stereocenters. The Morgan fingerprint density at radius 1 is 1.10 bits per heavy atom. The maximum Gasteiger partial charge on any atom is 0.213 e. The SMILES string of the molecule is C=CCC1(C(=O)C(O)O)CC(C)CCCC1OCC(=O)C12CC3CC4CC(C1)C2(C4)C3. The molecule has 1 spiro atoms. The largest absolute Gasteiger partial charge is 0.369 e. The Morgan fingerprint density at radius 3 is 2.61 bits per heavy atom. The number of carbonyl (C=O) groups excluding carboxylic acids is 2. The molecule has 5 rings (SSSR count). The van der Waals surface area contributed by atoms with Crippen LogP contribution < -0.4 is 0 Å². The van der Waals surface area contributed by atoms with Crippen molar-refractivity contribution in [2.24, 2.45) is 39.9 Å². The average Bonchev–Trinajstić information content (AvgIpc) is 2.94.